The van der Waals surface area contributed by atoms with Crippen molar-refractivity contribution in [1.29, 1.82) is 0 Å². The molecule has 0 fully saturated rings. The Kier molecular flexibility index (Phi) is 3.28. The lowest BCUT2D eigenvalue weighted by Crippen LogP contribution is -2.51. The van der Waals surface area contributed by atoms with Crippen LogP contribution in [0.2, 0.25) is 0 Å². The molecule has 0 aliphatic carbocycles. The molecule has 2 N–H and O–H groups in total. The molecule has 2 aromatic rings. The van der Waals surface area contributed by atoms with Crippen molar-refractivity contribution in [3.05, 3.63) is 30.3 Å². The van der Waals surface area contributed by atoms with Crippen LogP contribution in [0, 0.1) is 0 Å². The quantitative estimate of drug-likeness (QED) is 0.874. The number of hydrogen-bond acceptors (Lipinski definition) is 5. The average molecular weight is 261 g/mol. The topological polar surface area (TPSA) is 75.9 Å². The molecular formula is C13H19N5O. The maximum atomic E-state index is 10.2. The molecule has 0 unspecified atom stereocenters. The van der Waals surface area contributed by atoms with Gasteiger partial charge in [0.1, 0.15) is 0 Å². The zero-order valence-corrected chi connectivity index (χ0v) is 11.6. The number of para-hydroxylation sites is 1. The highest BCUT2D eigenvalue weighted by Crippen LogP contribution is 2.25. The predicted octanol–water partition coefficient (Wildman–Crippen LogP) is 1.62. The van der Waals surface area contributed by atoms with Gasteiger partial charge in [-0.1, -0.05) is 23.3 Å². The second kappa shape index (κ2) is 4.62. The number of hydrogen-bond donors (Lipinski definition) is 2. The van der Waals surface area contributed by atoms with E-state index in [0.29, 0.717) is 5.95 Å². The van der Waals surface area contributed by atoms with Crippen molar-refractivity contribution in [2.24, 2.45) is 0 Å². The molecule has 0 spiro atoms. The standard InChI is InChI=1S/C13H19N5O/c1-12(2,13(3,4)19)14-11-15-16-17-18(11)10-8-6-5-7-9-10/h5-9,19H,1-4H3,(H,14,15,17). The van der Waals surface area contributed by atoms with E-state index in [1.54, 1.807) is 18.5 Å². The fourth-order valence-corrected chi connectivity index (χ4v) is 1.44. The van der Waals surface area contributed by atoms with E-state index in [0.717, 1.165) is 5.69 Å². The molecule has 0 bridgehead atoms. The molecule has 6 nitrogen and oxygen atoms in total. The Morgan fingerprint density at radius 2 is 1.74 bits per heavy atom. The van der Waals surface area contributed by atoms with Gasteiger partial charge < -0.3 is 10.4 Å². The molecule has 2 rings (SSSR count). The second-order valence-corrected chi connectivity index (χ2v) is 5.56. The lowest BCUT2D eigenvalue weighted by Gasteiger charge is -2.37. The van der Waals surface area contributed by atoms with Gasteiger partial charge in [-0.25, -0.2) is 0 Å². The van der Waals surface area contributed by atoms with Crippen molar-refractivity contribution in [3.8, 4) is 5.69 Å². The van der Waals surface area contributed by atoms with Gasteiger partial charge in [0.2, 0.25) is 5.95 Å². The van der Waals surface area contributed by atoms with Gasteiger partial charge in [0.05, 0.1) is 16.8 Å². The van der Waals surface area contributed by atoms with Crippen molar-refractivity contribution >= 4 is 5.95 Å². The summed E-state index contributed by atoms with van der Waals surface area (Å²) < 4.78 is 1.60. The van der Waals surface area contributed by atoms with Crippen LogP contribution in [0.15, 0.2) is 30.3 Å². The lowest BCUT2D eigenvalue weighted by atomic mass is 9.86. The fourth-order valence-electron chi connectivity index (χ4n) is 1.44. The van der Waals surface area contributed by atoms with Gasteiger partial charge in [-0.3, -0.25) is 0 Å². The van der Waals surface area contributed by atoms with Gasteiger partial charge in [-0.15, -0.1) is 0 Å². The second-order valence-electron chi connectivity index (χ2n) is 5.56. The number of nitrogens with zero attached hydrogens (tertiary/aromatic N) is 4. The van der Waals surface area contributed by atoms with E-state index in [4.69, 9.17) is 0 Å². The SMILES string of the molecule is CC(C)(O)C(C)(C)Nc1nnnn1-c1ccccc1. The van der Waals surface area contributed by atoms with Crippen LogP contribution in [-0.2, 0) is 0 Å². The van der Waals surface area contributed by atoms with Crippen LogP contribution in [0.4, 0.5) is 5.95 Å². The Balaban J connectivity index is 2.32. The molecule has 1 heterocycles. The highest BCUT2D eigenvalue weighted by atomic mass is 16.3. The summed E-state index contributed by atoms with van der Waals surface area (Å²) in [6.07, 6.45) is 0. The maximum absolute atomic E-state index is 10.2. The largest absolute Gasteiger partial charge is 0.388 e. The van der Waals surface area contributed by atoms with Crippen molar-refractivity contribution in [1.82, 2.24) is 20.2 Å². The molecule has 1 aromatic heterocycles. The first-order chi connectivity index (χ1) is 8.81. The molecule has 1 aromatic carbocycles. The smallest absolute Gasteiger partial charge is 0.248 e. The zero-order chi connectivity index (χ0) is 14.1. The minimum atomic E-state index is -0.916. The Morgan fingerprint density at radius 1 is 1.11 bits per heavy atom. The highest BCUT2D eigenvalue weighted by molar-refractivity contribution is 5.40. The molecule has 0 saturated heterocycles. The zero-order valence-electron chi connectivity index (χ0n) is 11.6. The van der Waals surface area contributed by atoms with E-state index in [9.17, 15) is 5.11 Å². The van der Waals surface area contributed by atoms with Crippen molar-refractivity contribution in [2.45, 2.75) is 38.8 Å². The van der Waals surface area contributed by atoms with Crippen LogP contribution in [0.3, 0.4) is 0 Å². The van der Waals surface area contributed by atoms with E-state index in [1.807, 2.05) is 44.2 Å². The van der Waals surface area contributed by atoms with E-state index in [2.05, 4.69) is 20.8 Å². The summed E-state index contributed by atoms with van der Waals surface area (Å²) in [5, 5.41) is 25.0. The van der Waals surface area contributed by atoms with Gasteiger partial charge in [0.25, 0.3) is 0 Å². The molecule has 19 heavy (non-hydrogen) atoms. The first kappa shape index (κ1) is 13.5. The molecule has 0 atom stereocenters. The Labute approximate surface area is 112 Å². The molecular weight excluding hydrogens is 242 g/mol. The van der Waals surface area contributed by atoms with Crippen molar-refractivity contribution in [3.63, 3.8) is 0 Å². The molecule has 0 aliphatic rings. The maximum Gasteiger partial charge on any atom is 0.248 e. The summed E-state index contributed by atoms with van der Waals surface area (Å²) >= 11 is 0. The van der Waals surface area contributed by atoms with Gasteiger partial charge in [-0.2, -0.15) is 4.68 Å². The third kappa shape index (κ3) is 2.73. The third-order valence-corrected chi connectivity index (χ3v) is 3.42. The normalized spacial score (nSPS) is 12.5. The Morgan fingerprint density at radius 3 is 2.32 bits per heavy atom. The van der Waals surface area contributed by atoms with Crippen molar-refractivity contribution < 1.29 is 5.11 Å². The lowest BCUT2D eigenvalue weighted by molar-refractivity contribution is 0.0236. The minimum Gasteiger partial charge on any atom is -0.388 e. The molecule has 0 radical (unpaired) electrons. The van der Waals surface area contributed by atoms with Crippen LogP contribution in [0.1, 0.15) is 27.7 Å². The first-order valence-corrected chi connectivity index (χ1v) is 6.16. The third-order valence-electron chi connectivity index (χ3n) is 3.42. The first-order valence-electron chi connectivity index (χ1n) is 6.16. The number of rotatable bonds is 4. The molecule has 0 aliphatic heterocycles. The average Bonchev–Trinajstić information content (AvgIpc) is 2.76. The van der Waals surface area contributed by atoms with Crippen LogP contribution in [0.5, 0.6) is 0 Å². The van der Waals surface area contributed by atoms with Gasteiger partial charge in [0, 0.05) is 0 Å². The number of aromatic nitrogens is 4. The van der Waals surface area contributed by atoms with Crippen LogP contribution >= 0.6 is 0 Å². The predicted molar refractivity (Wildman–Crippen MR) is 73.2 cm³/mol. The molecule has 102 valence electrons. The summed E-state index contributed by atoms with van der Waals surface area (Å²) in [6.45, 7) is 7.29. The molecule has 6 heteroatoms. The number of benzene rings is 1. The fraction of sp³-hybridized carbons (Fsp3) is 0.462. The molecule has 0 saturated carbocycles. The number of tetrazole rings is 1. The van der Waals surface area contributed by atoms with E-state index < -0.39 is 11.1 Å². The van der Waals surface area contributed by atoms with Gasteiger partial charge >= 0.3 is 0 Å². The van der Waals surface area contributed by atoms with Gasteiger partial charge in [0.15, 0.2) is 0 Å². The number of nitrogens with one attached hydrogen (secondary N) is 1. The monoisotopic (exact) mass is 261 g/mol. The Bertz CT molecular complexity index is 542. The number of aliphatic hydroxyl groups is 1. The van der Waals surface area contributed by atoms with Crippen LogP contribution in [-0.4, -0.2) is 36.5 Å². The molecule has 0 amide bonds. The highest BCUT2D eigenvalue weighted by Gasteiger charge is 2.36. The summed E-state index contributed by atoms with van der Waals surface area (Å²) in [5.74, 6) is 0.498. The summed E-state index contributed by atoms with van der Waals surface area (Å²) in [7, 11) is 0. The van der Waals surface area contributed by atoms with Crippen molar-refractivity contribution in [2.75, 3.05) is 5.32 Å². The summed E-state index contributed by atoms with van der Waals surface area (Å²) in [5.41, 5.74) is -0.629. The summed E-state index contributed by atoms with van der Waals surface area (Å²) in [6, 6.07) is 9.60. The number of anilines is 1. The van der Waals surface area contributed by atoms with Crippen LogP contribution in [0.25, 0.3) is 5.69 Å². The minimum absolute atomic E-state index is 0.498. The van der Waals surface area contributed by atoms with Gasteiger partial charge in [-0.05, 0) is 50.3 Å². The summed E-state index contributed by atoms with van der Waals surface area (Å²) in [4.78, 5) is 0. The van der Waals surface area contributed by atoms with E-state index in [-0.39, 0.29) is 0 Å². The van der Waals surface area contributed by atoms with Crippen LogP contribution < -0.4 is 5.32 Å². The van der Waals surface area contributed by atoms with E-state index >= 15 is 0 Å². The van der Waals surface area contributed by atoms with E-state index in [1.165, 1.54) is 0 Å². The Hall–Kier alpha value is -1.95.